The van der Waals surface area contributed by atoms with E-state index in [1.807, 2.05) is 32.0 Å². The minimum absolute atomic E-state index is 0.00897. The van der Waals surface area contributed by atoms with Crippen LogP contribution in [0.3, 0.4) is 0 Å². The monoisotopic (exact) mass is 461 g/mol. The molecule has 3 aromatic rings. The van der Waals surface area contributed by atoms with Gasteiger partial charge in [0.15, 0.2) is 0 Å². The van der Waals surface area contributed by atoms with Crippen LogP contribution in [0.5, 0.6) is 11.5 Å². The van der Waals surface area contributed by atoms with Gasteiger partial charge in [0, 0.05) is 36.1 Å². The summed E-state index contributed by atoms with van der Waals surface area (Å²) >= 11 is 0. The van der Waals surface area contributed by atoms with Crippen molar-refractivity contribution in [2.24, 2.45) is 0 Å². The number of hydroxylamine groups is 1. The van der Waals surface area contributed by atoms with Gasteiger partial charge in [-0.1, -0.05) is 26.0 Å². The number of hydrogen-bond acceptors (Lipinski definition) is 6. The molecule has 0 unspecified atom stereocenters. The van der Waals surface area contributed by atoms with Crippen LogP contribution in [0.1, 0.15) is 57.2 Å². The van der Waals surface area contributed by atoms with Gasteiger partial charge in [-0.3, -0.25) is 14.8 Å². The second kappa shape index (κ2) is 9.44. The molecule has 1 aliphatic rings. The number of phenols is 2. The van der Waals surface area contributed by atoms with Gasteiger partial charge in [-0.15, -0.1) is 0 Å². The summed E-state index contributed by atoms with van der Waals surface area (Å²) in [6.07, 6.45) is 0.692. The van der Waals surface area contributed by atoms with Crippen molar-refractivity contribution < 1.29 is 25.0 Å². The summed E-state index contributed by atoms with van der Waals surface area (Å²) in [5, 5.41) is 32.4. The molecule has 4 rings (SSSR count). The molecule has 1 heterocycles. The SMILES string of the molecule is CC(C)c1cc(C(=O)N2CCc3cc(NCc4ccc(C(=O)NO)cc4)ccc32)c(O)cc1O. The van der Waals surface area contributed by atoms with Crippen molar-refractivity contribution in [3.8, 4) is 11.5 Å². The van der Waals surface area contributed by atoms with Gasteiger partial charge >= 0.3 is 0 Å². The number of nitrogens with one attached hydrogen (secondary N) is 2. The van der Waals surface area contributed by atoms with E-state index in [0.717, 1.165) is 22.5 Å². The lowest BCUT2D eigenvalue weighted by Gasteiger charge is -2.20. The second-order valence-corrected chi connectivity index (χ2v) is 8.62. The van der Waals surface area contributed by atoms with Gasteiger partial charge in [-0.05, 0) is 65.4 Å². The standard InChI is InChI=1S/C26H27N3O5/c1-15(2)20-12-21(24(31)13-23(20)30)26(33)29-10-9-18-11-19(7-8-22(18)29)27-14-16-3-5-17(6-4-16)25(32)28-34/h3-8,11-13,15,27,30-31,34H,9-10,14H2,1-2H3,(H,28,32). The van der Waals surface area contributed by atoms with E-state index in [0.29, 0.717) is 30.6 Å². The number of rotatable bonds is 6. The summed E-state index contributed by atoms with van der Waals surface area (Å²) in [6.45, 7) is 4.88. The number of nitrogens with zero attached hydrogens (tertiary/aromatic N) is 1. The Balaban J connectivity index is 1.48. The smallest absolute Gasteiger partial charge is 0.274 e. The highest BCUT2D eigenvalue weighted by atomic mass is 16.5. The molecule has 0 aliphatic carbocycles. The quantitative estimate of drug-likeness (QED) is 0.278. The third-order valence-corrected chi connectivity index (χ3v) is 6.03. The molecule has 8 nitrogen and oxygen atoms in total. The molecule has 0 saturated heterocycles. The van der Waals surface area contributed by atoms with Gasteiger partial charge in [-0.2, -0.15) is 0 Å². The van der Waals surface area contributed by atoms with Crippen LogP contribution in [0.4, 0.5) is 11.4 Å². The van der Waals surface area contributed by atoms with Gasteiger partial charge in [0.25, 0.3) is 11.8 Å². The maximum Gasteiger partial charge on any atom is 0.274 e. The van der Waals surface area contributed by atoms with Gasteiger partial charge in [0.1, 0.15) is 11.5 Å². The topological polar surface area (TPSA) is 122 Å². The highest BCUT2D eigenvalue weighted by Gasteiger charge is 2.28. The third kappa shape index (κ3) is 4.53. The number of benzene rings is 3. The van der Waals surface area contributed by atoms with Crippen molar-refractivity contribution in [2.45, 2.75) is 32.7 Å². The molecule has 176 valence electrons. The molecule has 1 aliphatic heterocycles. The van der Waals surface area contributed by atoms with E-state index in [2.05, 4.69) is 5.32 Å². The zero-order valence-electron chi connectivity index (χ0n) is 19.0. The molecule has 0 spiro atoms. The van der Waals surface area contributed by atoms with Crippen LogP contribution in [0, 0.1) is 0 Å². The summed E-state index contributed by atoms with van der Waals surface area (Å²) in [7, 11) is 0. The molecule has 0 fully saturated rings. The van der Waals surface area contributed by atoms with E-state index < -0.39 is 5.91 Å². The van der Waals surface area contributed by atoms with E-state index in [1.54, 1.807) is 40.7 Å². The predicted molar refractivity (Wildman–Crippen MR) is 129 cm³/mol. The summed E-state index contributed by atoms with van der Waals surface area (Å²) < 4.78 is 0. The zero-order valence-corrected chi connectivity index (χ0v) is 19.0. The largest absolute Gasteiger partial charge is 0.508 e. The first-order valence-electron chi connectivity index (χ1n) is 11.1. The van der Waals surface area contributed by atoms with Crippen LogP contribution >= 0.6 is 0 Å². The maximum absolute atomic E-state index is 13.2. The molecule has 2 amide bonds. The Morgan fingerprint density at radius 3 is 2.41 bits per heavy atom. The first-order chi connectivity index (χ1) is 16.3. The van der Waals surface area contributed by atoms with Gasteiger partial charge in [0.2, 0.25) is 0 Å². The molecule has 5 N–H and O–H groups in total. The van der Waals surface area contributed by atoms with Crippen LogP contribution in [0.2, 0.25) is 0 Å². The van der Waals surface area contributed by atoms with E-state index in [4.69, 9.17) is 5.21 Å². The molecular weight excluding hydrogens is 434 g/mol. The first-order valence-corrected chi connectivity index (χ1v) is 11.1. The Hall–Kier alpha value is -4.04. The zero-order chi connectivity index (χ0) is 24.4. The van der Waals surface area contributed by atoms with E-state index in [1.165, 1.54) is 6.07 Å². The van der Waals surface area contributed by atoms with E-state index in [9.17, 15) is 19.8 Å². The van der Waals surface area contributed by atoms with Crippen molar-refractivity contribution in [2.75, 3.05) is 16.8 Å². The molecule has 0 radical (unpaired) electrons. The van der Waals surface area contributed by atoms with Crippen molar-refractivity contribution in [3.63, 3.8) is 0 Å². The summed E-state index contributed by atoms with van der Waals surface area (Å²) in [5.41, 5.74) is 6.46. The lowest BCUT2D eigenvalue weighted by Crippen LogP contribution is -2.29. The molecule has 0 saturated carbocycles. The maximum atomic E-state index is 13.2. The van der Waals surface area contributed by atoms with Crippen LogP contribution in [-0.2, 0) is 13.0 Å². The fourth-order valence-corrected chi connectivity index (χ4v) is 4.14. The van der Waals surface area contributed by atoms with E-state index >= 15 is 0 Å². The minimum Gasteiger partial charge on any atom is -0.508 e. The average Bonchev–Trinajstić information content (AvgIpc) is 3.25. The minimum atomic E-state index is -0.557. The van der Waals surface area contributed by atoms with Crippen molar-refractivity contribution >= 4 is 23.2 Å². The molecular formula is C26H27N3O5. The fraction of sp³-hybridized carbons (Fsp3) is 0.231. The van der Waals surface area contributed by atoms with Crippen LogP contribution in [0.25, 0.3) is 0 Å². The molecule has 34 heavy (non-hydrogen) atoms. The Labute approximate surface area is 197 Å². The number of hydrogen-bond donors (Lipinski definition) is 5. The molecule has 0 aromatic heterocycles. The molecule has 0 atom stereocenters. The van der Waals surface area contributed by atoms with Gasteiger partial charge in [0.05, 0.1) is 5.56 Å². The number of aromatic hydroxyl groups is 2. The number of carbonyl (C=O) groups excluding carboxylic acids is 2. The summed E-state index contributed by atoms with van der Waals surface area (Å²) in [4.78, 5) is 26.3. The number of amides is 2. The van der Waals surface area contributed by atoms with Crippen LogP contribution < -0.4 is 15.7 Å². The number of phenolic OH excluding ortho intramolecular Hbond substituents is 2. The Bertz CT molecular complexity index is 1240. The highest BCUT2D eigenvalue weighted by Crippen LogP contribution is 2.36. The lowest BCUT2D eigenvalue weighted by atomic mass is 9.98. The Morgan fingerprint density at radius 1 is 1.00 bits per heavy atom. The highest BCUT2D eigenvalue weighted by molar-refractivity contribution is 6.09. The number of carbonyl (C=O) groups is 2. The number of anilines is 2. The van der Waals surface area contributed by atoms with Gasteiger partial charge < -0.3 is 20.4 Å². The van der Waals surface area contributed by atoms with Crippen molar-refractivity contribution in [1.29, 1.82) is 0 Å². The van der Waals surface area contributed by atoms with E-state index in [-0.39, 0.29) is 28.9 Å². The van der Waals surface area contributed by atoms with Crippen LogP contribution in [0.15, 0.2) is 54.6 Å². The molecule has 0 bridgehead atoms. The Kier molecular flexibility index (Phi) is 6.43. The number of fused-ring (bicyclic) bond motifs is 1. The molecule has 3 aromatic carbocycles. The Morgan fingerprint density at radius 2 is 1.74 bits per heavy atom. The second-order valence-electron chi connectivity index (χ2n) is 8.62. The third-order valence-electron chi connectivity index (χ3n) is 6.03. The molecule has 8 heteroatoms. The normalized spacial score (nSPS) is 12.5. The van der Waals surface area contributed by atoms with Crippen LogP contribution in [-0.4, -0.2) is 33.8 Å². The fourth-order valence-electron chi connectivity index (χ4n) is 4.14. The lowest BCUT2D eigenvalue weighted by molar-refractivity contribution is 0.0706. The predicted octanol–water partition coefficient (Wildman–Crippen LogP) is 4.16. The average molecular weight is 462 g/mol. The first kappa shape index (κ1) is 23.1. The summed E-state index contributed by atoms with van der Waals surface area (Å²) in [5.74, 6) is -1.10. The van der Waals surface area contributed by atoms with Crippen molar-refractivity contribution in [3.05, 3.63) is 82.4 Å². The van der Waals surface area contributed by atoms with Gasteiger partial charge in [-0.25, -0.2) is 5.48 Å². The van der Waals surface area contributed by atoms with Crippen molar-refractivity contribution in [1.82, 2.24) is 5.48 Å². The summed E-state index contributed by atoms with van der Waals surface area (Å²) in [6, 6.07) is 15.5.